The third-order valence-electron chi connectivity index (χ3n) is 2.84. The molecule has 1 heteroatoms. The summed E-state index contributed by atoms with van der Waals surface area (Å²) in [5.74, 6) is 0.478. The molecule has 0 rings (SSSR count). The molecule has 0 aliphatic heterocycles. The summed E-state index contributed by atoms with van der Waals surface area (Å²) in [5.41, 5.74) is 0. The molecular formula is C12H26O. The van der Waals surface area contributed by atoms with Crippen LogP contribution in [0.5, 0.6) is 0 Å². The highest BCUT2D eigenvalue weighted by molar-refractivity contribution is 4.59. The number of unbranched alkanes of at least 4 members (excludes halogenated alkanes) is 5. The van der Waals surface area contributed by atoms with Gasteiger partial charge in [-0.2, -0.15) is 0 Å². The molecule has 0 unspecified atom stereocenters. The number of aliphatic hydroxyl groups excluding tert-OH is 1. The maximum absolute atomic E-state index is 9.26. The van der Waals surface area contributed by atoms with Gasteiger partial charge in [0.25, 0.3) is 0 Å². The van der Waals surface area contributed by atoms with E-state index in [1.807, 2.05) is 6.92 Å². The van der Waals surface area contributed by atoms with E-state index in [0.29, 0.717) is 5.92 Å². The van der Waals surface area contributed by atoms with Crippen LogP contribution < -0.4 is 0 Å². The van der Waals surface area contributed by atoms with Crippen molar-refractivity contribution in [1.29, 1.82) is 0 Å². The zero-order valence-electron chi connectivity index (χ0n) is 9.55. The Balaban J connectivity index is 3.07. The van der Waals surface area contributed by atoms with Crippen LogP contribution in [0.15, 0.2) is 0 Å². The molecule has 80 valence electrons. The average molecular weight is 186 g/mol. The fourth-order valence-corrected chi connectivity index (χ4v) is 1.49. The van der Waals surface area contributed by atoms with Gasteiger partial charge in [0.1, 0.15) is 0 Å². The van der Waals surface area contributed by atoms with Gasteiger partial charge in [0, 0.05) is 0 Å². The normalized spacial score (nSPS) is 15.7. The molecule has 1 nitrogen and oxygen atoms in total. The van der Waals surface area contributed by atoms with Gasteiger partial charge in [0.2, 0.25) is 0 Å². The van der Waals surface area contributed by atoms with Crippen LogP contribution in [0, 0.1) is 5.92 Å². The summed E-state index contributed by atoms with van der Waals surface area (Å²) in [5, 5.41) is 9.26. The summed E-state index contributed by atoms with van der Waals surface area (Å²) in [6.45, 7) is 6.27. The van der Waals surface area contributed by atoms with E-state index in [1.54, 1.807) is 0 Å². The van der Waals surface area contributed by atoms with E-state index in [1.165, 1.54) is 44.9 Å². The van der Waals surface area contributed by atoms with Gasteiger partial charge in [0.15, 0.2) is 0 Å². The van der Waals surface area contributed by atoms with Gasteiger partial charge in [-0.25, -0.2) is 0 Å². The average Bonchev–Trinajstić information content (AvgIpc) is 2.10. The molecule has 2 atom stereocenters. The molecule has 0 aliphatic carbocycles. The molecule has 0 amide bonds. The van der Waals surface area contributed by atoms with Crippen molar-refractivity contribution < 1.29 is 5.11 Å². The molecule has 0 saturated heterocycles. The standard InChI is InChI=1S/C12H26O/c1-4-5-6-7-8-9-10-11(2)12(3)13/h11-13H,4-10H2,1-3H3/t11-,12+/m0/s1. The topological polar surface area (TPSA) is 20.2 Å². The predicted molar refractivity (Wildman–Crippen MR) is 58.8 cm³/mol. The zero-order chi connectivity index (χ0) is 10.1. The predicted octanol–water partition coefficient (Wildman–Crippen LogP) is 3.75. The van der Waals surface area contributed by atoms with Gasteiger partial charge in [0.05, 0.1) is 6.10 Å². The van der Waals surface area contributed by atoms with Crippen LogP contribution in [0.25, 0.3) is 0 Å². The van der Waals surface area contributed by atoms with Crippen molar-refractivity contribution in [2.75, 3.05) is 0 Å². The van der Waals surface area contributed by atoms with Crippen molar-refractivity contribution in [2.24, 2.45) is 5.92 Å². The molecule has 0 heterocycles. The van der Waals surface area contributed by atoms with Crippen molar-refractivity contribution in [2.45, 2.75) is 71.8 Å². The number of hydrogen-bond donors (Lipinski definition) is 1. The van der Waals surface area contributed by atoms with Crippen molar-refractivity contribution in [1.82, 2.24) is 0 Å². The van der Waals surface area contributed by atoms with E-state index < -0.39 is 0 Å². The lowest BCUT2D eigenvalue weighted by Crippen LogP contribution is -2.12. The lowest BCUT2D eigenvalue weighted by molar-refractivity contribution is 0.128. The highest BCUT2D eigenvalue weighted by atomic mass is 16.3. The summed E-state index contributed by atoms with van der Waals surface area (Å²) in [6.07, 6.45) is 9.16. The largest absolute Gasteiger partial charge is 0.393 e. The molecule has 0 saturated carbocycles. The summed E-state index contributed by atoms with van der Waals surface area (Å²) < 4.78 is 0. The van der Waals surface area contributed by atoms with Crippen molar-refractivity contribution in [3.05, 3.63) is 0 Å². The van der Waals surface area contributed by atoms with Crippen molar-refractivity contribution in [3.8, 4) is 0 Å². The van der Waals surface area contributed by atoms with Crippen LogP contribution in [-0.4, -0.2) is 11.2 Å². The Labute approximate surface area is 83.5 Å². The first-order chi connectivity index (χ1) is 6.18. The Hall–Kier alpha value is -0.0400. The molecule has 0 bridgehead atoms. The first-order valence-electron chi connectivity index (χ1n) is 5.86. The van der Waals surface area contributed by atoms with E-state index in [4.69, 9.17) is 0 Å². The Morgan fingerprint density at radius 2 is 1.46 bits per heavy atom. The maximum Gasteiger partial charge on any atom is 0.0537 e. The molecular weight excluding hydrogens is 160 g/mol. The maximum atomic E-state index is 9.26. The summed E-state index contributed by atoms with van der Waals surface area (Å²) in [7, 11) is 0. The van der Waals surface area contributed by atoms with Gasteiger partial charge in [-0.05, 0) is 19.3 Å². The molecule has 0 fully saturated rings. The lowest BCUT2D eigenvalue weighted by Gasteiger charge is -2.13. The van der Waals surface area contributed by atoms with Crippen LogP contribution in [0.1, 0.15) is 65.7 Å². The van der Waals surface area contributed by atoms with Gasteiger partial charge in [-0.15, -0.1) is 0 Å². The number of hydrogen-bond acceptors (Lipinski definition) is 1. The second-order valence-electron chi connectivity index (χ2n) is 4.27. The minimum atomic E-state index is -0.129. The second kappa shape index (κ2) is 8.55. The van der Waals surface area contributed by atoms with Crippen molar-refractivity contribution >= 4 is 0 Å². The highest BCUT2D eigenvalue weighted by Crippen LogP contribution is 2.14. The van der Waals surface area contributed by atoms with Gasteiger partial charge < -0.3 is 5.11 Å². The second-order valence-corrected chi connectivity index (χ2v) is 4.27. The first-order valence-corrected chi connectivity index (χ1v) is 5.86. The number of aliphatic hydroxyl groups is 1. The molecule has 0 aliphatic rings. The molecule has 0 aromatic rings. The van der Waals surface area contributed by atoms with Crippen LogP contribution in [0.2, 0.25) is 0 Å². The van der Waals surface area contributed by atoms with E-state index >= 15 is 0 Å². The van der Waals surface area contributed by atoms with Crippen LogP contribution in [0.3, 0.4) is 0 Å². The van der Waals surface area contributed by atoms with Crippen LogP contribution >= 0.6 is 0 Å². The summed E-state index contributed by atoms with van der Waals surface area (Å²) in [4.78, 5) is 0. The molecule has 0 aromatic carbocycles. The third kappa shape index (κ3) is 8.29. The zero-order valence-corrected chi connectivity index (χ0v) is 9.55. The Morgan fingerprint density at radius 3 is 2.00 bits per heavy atom. The third-order valence-corrected chi connectivity index (χ3v) is 2.84. The Kier molecular flexibility index (Phi) is 8.53. The molecule has 1 N–H and O–H groups in total. The smallest absolute Gasteiger partial charge is 0.0537 e. The lowest BCUT2D eigenvalue weighted by atomic mass is 9.98. The molecule has 0 aromatic heterocycles. The van der Waals surface area contributed by atoms with Gasteiger partial charge in [-0.1, -0.05) is 52.4 Å². The van der Waals surface area contributed by atoms with Crippen LogP contribution in [-0.2, 0) is 0 Å². The summed E-state index contributed by atoms with van der Waals surface area (Å²) in [6, 6.07) is 0. The van der Waals surface area contributed by atoms with E-state index in [0.717, 1.165) is 0 Å². The van der Waals surface area contributed by atoms with Crippen molar-refractivity contribution in [3.63, 3.8) is 0 Å². The SMILES string of the molecule is CCCCCCCC[C@H](C)[C@@H](C)O. The quantitative estimate of drug-likeness (QED) is 0.572. The minimum absolute atomic E-state index is 0.129. The Bertz CT molecular complexity index is 99.3. The van der Waals surface area contributed by atoms with E-state index in [2.05, 4.69) is 13.8 Å². The van der Waals surface area contributed by atoms with Gasteiger partial charge in [-0.3, -0.25) is 0 Å². The van der Waals surface area contributed by atoms with E-state index in [9.17, 15) is 5.11 Å². The van der Waals surface area contributed by atoms with E-state index in [-0.39, 0.29) is 6.10 Å². The van der Waals surface area contributed by atoms with Gasteiger partial charge >= 0.3 is 0 Å². The number of rotatable bonds is 8. The summed E-state index contributed by atoms with van der Waals surface area (Å²) >= 11 is 0. The molecule has 13 heavy (non-hydrogen) atoms. The van der Waals surface area contributed by atoms with Crippen LogP contribution in [0.4, 0.5) is 0 Å². The fraction of sp³-hybridized carbons (Fsp3) is 1.00. The monoisotopic (exact) mass is 186 g/mol. The Morgan fingerprint density at radius 1 is 0.923 bits per heavy atom. The first kappa shape index (κ1) is 13.0. The molecule has 0 radical (unpaired) electrons. The minimum Gasteiger partial charge on any atom is -0.393 e. The molecule has 0 spiro atoms. The fourth-order valence-electron chi connectivity index (χ4n) is 1.49. The highest BCUT2D eigenvalue weighted by Gasteiger charge is 2.07.